The van der Waals surface area contributed by atoms with Gasteiger partial charge in [0.15, 0.2) is 0 Å². The molecule has 0 radical (unpaired) electrons. The van der Waals surface area contributed by atoms with Crippen LogP contribution in [0.15, 0.2) is 36.5 Å². The van der Waals surface area contributed by atoms with Crippen LogP contribution in [-0.4, -0.2) is 74.3 Å². The van der Waals surface area contributed by atoms with Gasteiger partial charge in [0, 0.05) is 12.8 Å². The molecule has 9 nitrogen and oxygen atoms in total. The predicted molar refractivity (Wildman–Crippen MR) is 305 cm³/mol. The lowest BCUT2D eigenvalue weighted by atomic mass is 10.0. The maximum Gasteiger partial charge on any atom is 0.472 e. The van der Waals surface area contributed by atoms with Crippen molar-refractivity contribution in [1.82, 2.24) is 5.32 Å². The molecule has 0 aliphatic heterocycles. The number of likely N-dealkylation sites (N-methyl/N-ethyl adjacent to an activating group) is 1. The lowest BCUT2D eigenvalue weighted by Crippen LogP contribution is -2.47. The number of amides is 1. The summed E-state index contributed by atoms with van der Waals surface area (Å²) in [6, 6.07) is -0.849. The molecule has 71 heavy (non-hydrogen) atoms. The van der Waals surface area contributed by atoms with Gasteiger partial charge in [0.2, 0.25) is 5.91 Å². The third kappa shape index (κ3) is 52.9. The van der Waals surface area contributed by atoms with E-state index in [1.807, 2.05) is 33.3 Å². The van der Waals surface area contributed by atoms with E-state index in [4.69, 9.17) is 13.8 Å². The summed E-state index contributed by atoms with van der Waals surface area (Å²) in [6.07, 6.45) is 61.4. The van der Waals surface area contributed by atoms with Crippen LogP contribution in [0.5, 0.6) is 0 Å². The monoisotopic (exact) mass is 1020 g/mol. The maximum absolute atomic E-state index is 13.5. The third-order valence-corrected chi connectivity index (χ3v) is 14.5. The standard InChI is InChI=1S/C61H117N2O7P/c1-7-10-13-16-19-22-25-27-28-29-30-31-32-33-34-36-39-42-45-48-51-54-61(65)70-59(52-49-46-43-40-38-35-26-23-20-17-14-11-8-2)58(57-69-71(66,67)68-56-55-63(4,5)6)62-60(64)53-50-47-44-41-37-24-21-18-15-12-9-3/h18,21,27-28,49,52,58-59H,7-17,19-20,22-26,29-48,50-51,53-57H2,1-6H3,(H-,62,64,66,67)/p+1/b21-18-,28-27+,52-49-. The molecule has 0 aliphatic carbocycles. The summed E-state index contributed by atoms with van der Waals surface area (Å²) in [6.45, 7) is 6.99. The molecule has 3 atom stereocenters. The molecule has 0 aromatic carbocycles. The molecule has 0 saturated carbocycles. The average molecular weight is 1020 g/mol. The Kier molecular flexibility index (Phi) is 50.4. The highest BCUT2D eigenvalue weighted by Crippen LogP contribution is 2.43. The molecule has 418 valence electrons. The summed E-state index contributed by atoms with van der Waals surface area (Å²) in [5, 5.41) is 3.04. The number of nitrogens with one attached hydrogen (secondary N) is 1. The molecular weight excluding hydrogens is 904 g/mol. The van der Waals surface area contributed by atoms with E-state index in [0.717, 1.165) is 83.5 Å². The topological polar surface area (TPSA) is 111 Å². The zero-order valence-corrected chi connectivity index (χ0v) is 48.6. The molecule has 0 aliphatic rings. The van der Waals surface area contributed by atoms with Gasteiger partial charge in [0.05, 0.1) is 33.8 Å². The van der Waals surface area contributed by atoms with E-state index in [1.54, 1.807) is 0 Å². The fourth-order valence-electron chi connectivity index (χ4n) is 8.80. The zero-order chi connectivity index (χ0) is 52.2. The minimum absolute atomic E-state index is 0.0401. The van der Waals surface area contributed by atoms with Crippen LogP contribution in [0.25, 0.3) is 0 Å². The van der Waals surface area contributed by atoms with Crippen LogP contribution >= 0.6 is 7.82 Å². The van der Waals surface area contributed by atoms with Crippen LogP contribution in [0.3, 0.4) is 0 Å². The fourth-order valence-corrected chi connectivity index (χ4v) is 9.53. The van der Waals surface area contributed by atoms with Gasteiger partial charge in [0.25, 0.3) is 0 Å². The maximum atomic E-state index is 13.5. The Balaban J connectivity index is 5.20. The Morgan fingerprint density at radius 3 is 1.24 bits per heavy atom. The van der Waals surface area contributed by atoms with Gasteiger partial charge in [0.1, 0.15) is 19.3 Å². The number of carbonyl (C=O) groups is 2. The Morgan fingerprint density at radius 1 is 0.479 bits per heavy atom. The predicted octanol–water partition coefficient (Wildman–Crippen LogP) is 18.3. The molecule has 0 spiro atoms. The van der Waals surface area contributed by atoms with E-state index < -0.39 is 20.0 Å². The van der Waals surface area contributed by atoms with Crippen molar-refractivity contribution < 1.29 is 37.3 Å². The second kappa shape index (κ2) is 51.7. The Labute approximate surface area is 440 Å². The lowest BCUT2D eigenvalue weighted by molar-refractivity contribution is -0.870. The average Bonchev–Trinajstić information content (AvgIpc) is 3.33. The van der Waals surface area contributed by atoms with Crippen molar-refractivity contribution in [2.24, 2.45) is 0 Å². The van der Waals surface area contributed by atoms with Crippen molar-refractivity contribution in [3.05, 3.63) is 36.5 Å². The Bertz CT molecular complexity index is 1310. The molecule has 10 heteroatoms. The normalized spacial score (nSPS) is 14.0. The number of carbonyl (C=O) groups excluding carboxylic acids is 2. The fraction of sp³-hybridized carbons (Fsp3) is 0.869. The summed E-state index contributed by atoms with van der Waals surface area (Å²) < 4.78 is 30.6. The van der Waals surface area contributed by atoms with E-state index in [1.165, 1.54) is 173 Å². The van der Waals surface area contributed by atoms with E-state index in [0.29, 0.717) is 23.9 Å². The minimum Gasteiger partial charge on any atom is -0.456 e. The first kappa shape index (κ1) is 69.2. The van der Waals surface area contributed by atoms with E-state index in [-0.39, 0.29) is 25.1 Å². The number of quaternary nitrogens is 1. The van der Waals surface area contributed by atoms with Crippen molar-refractivity contribution in [1.29, 1.82) is 0 Å². The number of esters is 1. The molecule has 0 heterocycles. The summed E-state index contributed by atoms with van der Waals surface area (Å²) >= 11 is 0. The van der Waals surface area contributed by atoms with E-state index in [2.05, 4.69) is 50.4 Å². The molecule has 0 fully saturated rings. The van der Waals surface area contributed by atoms with Crippen LogP contribution in [0.4, 0.5) is 0 Å². The summed E-state index contributed by atoms with van der Waals surface area (Å²) in [4.78, 5) is 37.6. The van der Waals surface area contributed by atoms with Gasteiger partial charge >= 0.3 is 13.8 Å². The zero-order valence-electron chi connectivity index (χ0n) is 47.7. The lowest BCUT2D eigenvalue weighted by Gasteiger charge is -2.27. The van der Waals surface area contributed by atoms with Gasteiger partial charge in [-0.1, -0.05) is 237 Å². The first-order chi connectivity index (χ1) is 34.4. The summed E-state index contributed by atoms with van der Waals surface area (Å²) in [5.41, 5.74) is 0. The highest BCUT2D eigenvalue weighted by atomic mass is 31.2. The molecule has 0 aromatic rings. The molecular formula is C61H118N2O7P+. The number of unbranched alkanes of at least 4 members (excludes halogenated alkanes) is 35. The Hall–Kier alpha value is -1.77. The number of phosphoric acid groups is 1. The summed E-state index contributed by atoms with van der Waals surface area (Å²) in [5.74, 6) is -0.508. The third-order valence-electron chi connectivity index (χ3n) is 13.6. The number of ether oxygens (including phenoxy) is 1. The van der Waals surface area contributed by atoms with Crippen LogP contribution in [-0.2, 0) is 27.9 Å². The first-order valence-corrected chi connectivity index (χ1v) is 31.8. The number of allylic oxidation sites excluding steroid dienone is 5. The molecule has 0 aromatic heterocycles. The highest BCUT2D eigenvalue weighted by Gasteiger charge is 2.30. The van der Waals surface area contributed by atoms with Crippen molar-refractivity contribution in [2.75, 3.05) is 40.9 Å². The largest absolute Gasteiger partial charge is 0.472 e. The van der Waals surface area contributed by atoms with Crippen LogP contribution < -0.4 is 5.32 Å². The van der Waals surface area contributed by atoms with Crippen molar-refractivity contribution >= 4 is 19.7 Å². The van der Waals surface area contributed by atoms with E-state index in [9.17, 15) is 19.0 Å². The quantitative estimate of drug-likeness (QED) is 0.0205. The van der Waals surface area contributed by atoms with Crippen molar-refractivity contribution in [2.45, 2.75) is 303 Å². The van der Waals surface area contributed by atoms with Crippen LogP contribution in [0, 0.1) is 0 Å². The number of nitrogens with zero attached hydrogens (tertiary/aromatic N) is 1. The molecule has 0 bridgehead atoms. The molecule has 3 unspecified atom stereocenters. The number of rotatable bonds is 55. The van der Waals surface area contributed by atoms with Gasteiger partial charge in [-0.25, -0.2) is 4.57 Å². The minimum atomic E-state index is -4.44. The highest BCUT2D eigenvalue weighted by molar-refractivity contribution is 7.47. The van der Waals surface area contributed by atoms with Gasteiger partial charge < -0.3 is 19.4 Å². The van der Waals surface area contributed by atoms with Gasteiger partial charge in [-0.2, -0.15) is 0 Å². The SMILES string of the molecule is CCCC/C=C\CCCCCCCC(=O)NC(COP(=O)(O)OCC[N+](C)(C)C)C(/C=C\CCCCCCCCCCCCC)OC(=O)CCCCCCCCCCCCC/C=C/CCCCCCCC. The van der Waals surface area contributed by atoms with Gasteiger partial charge in [-0.05, 0) is 76.7 Å². The number of hydrogen-bond donors (Lipinski definition) is 2. The summed E-state index contributed by atoms with van der Waals surface area (Å²) in [7, 11) is 1.50. The van der Waals surface area contributed by atoms with Crippen LogP contribution in [0.2, 0.25) is 0 Å². The number of hydrogen-bond acceptors (Lipinski definition) is 6. The van der Waals surface area contributed by atoms with Gasteiger partial charge in [-0.3, -0.25) is 18.6 Å². The second-order valence-electron chi connectivity index (χ2n) is 21.9. The van der Waals surface area contributed by atoms with Crippen LogP contribution in [0.1, 0.15) is 290 Å². The molecule has 0 rings (SSSR count). The van der Waals surface area contributed by atoms with Gasteiger partial charge in [-0.15, -0.1) is 0 Å². The molecule has 0 saturated heterocycles. The number of phosphoric ester groups is 1. The smallest absolute Gasteiger partial charge is 0.456 e. The van der Waals surface area contributed by atoms with Crippen molar-refractivity contribution in [3.63, 3.8) is 0 Å². The Morgan fingerprint density at radius 2 is 0.831 bits per heavy atom. The first-order valence-electron chi connectivity index (χ1n) is 30.3. The molecule has 2 N–H and O–H groups in total. The second-order valence-corrected chi connectivity index (χ2v) is 23.3. The van der Waals surface area contributed by atoms with Crippen molar-refractivity contribution in [3.8, 4) is 0 Å². The molecule has 1 amide bonds. The van der Waals surface area contributed by atoms with E-state index >= 15 is 0 Å².